The SMILES string of the molecule is CC/C=C\C/C=C\C/C=C\C/C=C\C/C=C\C/C=C\CCC(=O)OCC(COC(=O)CCCCC/C=C\C=C/CCCC)OC(=O)CC/C=C\C/C=C\C/C=C\C/C=C\C/C=C\C/C=C\CC. The van der Waals surface area contributed by atoms with Crippen molar-refractivity contribution in [3.63, 3.8) is 0 Å². The largest absolute Gasteiger partial charge is 0.462 e. The van der Waals surface area contributed by atoms with E-state index in [2.05, 4.69) is 167 Å². The molecule has 370 valence electrons. The van der Waals surface area contributed by atoms with Crippen LogP contribution in [0.15, 0.2) is 170 Å². The number of hydrogen-bond donors (Lipinski definition) is 0. The molecule has 0 fully saturated rings. The maximum Gasteiger partial charge on any atom is 0.306 e. The molecule has 1 atom stereocenters. The van der Waals surface area contributed by atoms with Crippen molar-refractivity contribution in [3.8, 4) is 0 Å². The normalized spacial score (nSPS) is 13.5. The van der Waals surface area contributed by atoms with Gasteiger partial charge in [-0.2, -0.15) is 0 Å². The first-order chi connectivity index (χ1) is 33.0. The summed E-state index contributed by atoms with van der Waals surface area (Å²) < 4.78 is 16.6. The second kappa shape index (κ2) is 53.4. The third-order valence-electron chi connectivity index (χ3n) is 9.74. The van der Waals surface area contributed by atoms with Crippen LogP contribution >= 0.6 is 0 Å². The average Bonchev–Trinajstić information content (AvgIpc) is 3.33. The lowest BCUT2D eigenvalue weighted by Gasteiger charge is -2.18. The first-order valence-electron chi connectivity index (χ1n) is 25.7. The van der Waals surface area contributed by atoms with Crippen molar-refractivity contribution < 1.29 is 28.6 Å². The van der Waals surface area contributed by atoms with Crippen LogP contribution in [0.4, 0.5) is 0 Å². The zero-order chi connectivity index (χ0) is 48.6. The Morgan fingerprint density at radius 2 is 0.657 bits per heavy atom. The van der Waals surface area contributed by atoms with Crippen molar-refractivity contribution >= 4 is 17.9 Å². The number of hydrogen-bond acceptors (Lipinski definition) is 6. The Labute approximate surface area is 409 Å². The Bertz CT molecular complexity index is 1620. The summed E-state index contributed by atoms with van der Waals surface area (Å²) in [5.74, 6) is -1.17. The summed E-state index contributed by atoms with van der Waals surface area (Å²) in [5.41, 5.74) is 0. The quantitative estimate of drug-likeness (QED) is 0.0199. The predicted molar refractivity (Wildman–Crippen MR) is 288 cm³/mol. The molecule has 0 saturated heterocycles. The summed E-state index contributed by atoms with van der Waals surface area (Å²) in [6.45, 7) is 6.16. The molecule has 6 heteroatoms. The van der Waals surface area contributed by atoms with Crippen LogP contribution in [-0.2, 0) is 28.6 Å². The van der Waals surface area contributed by atoms with Crippen molar-refractivity contribution in [3.05, 3.63) is 170 Å². The number of rotatable bonds is 43. The minimum atomic E-state index is -0.868. The number of ether oxygens (including phenoxy) is 3. The topological polar surface area (TPSA) is 78.9 Å². The van der Waals surface area contributed by atoms with E-state index >= 15 is 0 Å². The lowest BCUT2D eigenvalue weighted by atomic mass is 10.1. The Hall–Kier alpha value is -5.23. The third kappa shape index (κ3) is 51.6. The molecule has 0 rings (SSSR count). The molecule has 0 bridgehead atoms. The number of esters is 3. The second-order valence-electron chi connectivity index (χ2n) is 16.0. The van der Waals surface area contributed by atoms with Crippen molar-refractivity contribution in [2.45, 2.75) is 181 Å². The third-order valence-corrected chi connectivity index (χ3v) is 9.74. The summed E-state index contributed by atoms with van der Waals surface area (Å²) >= 11 is 0. The summed E-state index contributed by atoms with van der Waals surface area (Å²) in [4.78, 5) is 37.9. The van der Waals surface area contributed by atoms with Crippen LogP contribution < -0.4 is 0 Å². The minimum Gasteiger partial charge on any atom is -0.462 e. The maximum atomic E-state index is 12.8. The molecule has 0 aromatic carbocycles. The van der Waals surface area contributed by atoms with E-state index in [0.717, 1.165) is 109 Å². The van der Waals surface area contributed by atoms with Gasteiger partial charge in [0, 0.05) is 19.3 Å². The molecule has 0 aliphatic rings. The van der Waals surface area contributed by atoms with Gasteiger partial charge in [0.25, 0.3) is 0 Å². The molecule has 0 aliphatic carbocycles. The van der Waals surface area contributed by atoms with Crippen molar-refractivity contribution in [2.24, 2.45) is 0 Å². The second-order valence-corrected chi connectivity index (χ2v) is 16.0. The van der Waals surface area contributed by atoms with Crippen molar-refractivity contribution in [1.82, 2.24) is 0 Å². The fourth-order valence-corrected chi connectivity index (χ4v) is 5.94. The Morgan fingerprint density at radius 1 is 0.328 bits per heavy atom. The van der Waals surface area contributed by atoms with E-state index in [-0.39, 0.29) is 38.4 Å². The van der Waals surface area contributed by atoms with Gasteiger partial charge in [0.05, 0.1) is 0 Å². The summed E-state index contributed by atoms with van der Waals surface area (Å²) in [5, 5.41) is 0. The molecular weight excluding hydrogens is 829 g/mol. The first-order valence-corrected chi connectivity index (χ1v) is 25.7. The number of unbranched alkanes of at least 4 members (excludes halogenated alkanes) is 5. The molecule has 0 N–H and O–H groups in total. The molecule has 0 amide bonds. The lowest BCUT2D eigenvalue weighted by molar-refractivity contribution is -0.166. The van der Waals surface area contributed by atoms with Gasteiger partial charge in [-0.3, -0.25) is 14.4 Å². The fraction of sp³-hybridized carbons (Fsp3) is 0.492. The molecule has 0 aromatic heterocycles. The fourth-order valence-electron chi connectivity index (χ4n) is 5.94. The molecule has 6 nitrogen and oxygen atoms in total. The van der Waals surface area contributed by atoms with Crippen LogP contribution in [0.1, 0.15) is 175 Å². The maximum absolute atomic E-state index is 12.8. The highest BCUT2D eigenvalue weighted by Gasteiger charge is 2.19. The van der Waals surface area contributed by atoms with Gasteiger partial charge in [0.1, 0.15) is 13.2 Å². The van der Waals surface area contributed by atoms with Crippen LogP contribution in [0.5, 0.6) is 0 Å². The van der Waals surface area contributed by atoms with Crippen LogP contribution in [0.2, 0.25) is 0 Å². The highest BCUT2D eigenvalue weighted by Crippen LogP contribution is 2.09. The molecular formula is C61H90O6. The van der Waals surface area contributed by atoms with E-state index < -0.39 is 18.0 Å². The zero-order valence-electron chi connectivity index (χ0n) is 42.1. The molecule has 0 spiro atoms. The number of allylic oxidation sites excluding steroid dienone is 28. The molecule has 0 aliphatic heterocycles. The smallest absolute Gasteiger partial charge is 0.306 e. The van der Waals surface area contributed by atoms with Gasteiger partial charge < -0.3 is 14.2 Å². The monoisotopic (exact) mass is 919 g/mol. The molecule has 1 unspecified atom stereocenters. The van der Waals surface area contributed by atoms with Gasteiger partial charge in [-0.1, -0.05) is 210 Å². The van der Waals surface area contributed by atoms with Gasteiger partial charge in [-0.05, 0) is 116 Å². The zero-order valence-corrected chi connectivity index (χ0v) is 42.1. The van der Waals surface area contributed by atoms with E-state index in [1.165, 1.54) is 12.8 Å². The highest BCUT2D eigenvalue weighted by molar-refractivity contribution is 5.71. The molecule has 67 heavy (non-hydrogen) atoms. The molecule has 0 saturated carbocycles. The predicted octanol–water partition coefficient (Wildman–Crippen LogP) is 17.2. The van der Waals surface area contributed by atoms with Gasteiger partial charge in [0.2, 0.25) is 0 Å². The first kappa shape index (κ1) is 61.8. The standard InChI is InChI=1S/C61H90O6/c1-4-7-10-13-16-19-22-24-26-28-30-32-34-36-39-42-45-48-51-54-60(63)66-57-58(56-65-59(62)53-50-47-44-41-38-21-18-15-12-9-6-3)67-61(64)55-52-49-46-43-40-37-35-33-31-29-27-25-23-20-17-14-11-8-5-2/h7-8,10-11,15-21,24-27,30-33,36-40,45-46,48-49,58H,4-6,9,12-14,22-23,28-29,34-35,41-44,47,50-57H2,1-3H3/b10-7-,11-8-,18-15-,19-16-,20-17-,26-24-,27-25-,32-30-,33-31-,38-21-,39-36-,40-37-,48-45-,49-46-. The highest BCUT2D eigenvalue weighted by atomic mass is 16.6. The van der Waals surface area contributed by atoms with E-state index in [1.807, 2.05) is 24.3 Å². The summed E-state index contributed by atoms with van der Waals surface area (Å²) in [6.07, 6.45) is 79.4. The molecule has 0 radical (unpaired) electrons. The Balaban J connectivity index is 4.67. The van der Waals surface area contributed by atoms with Gasteiger partial charge >= 0.3 is 17.9 Å². The summed E-state index contributed by atoms with van der Waals surface area (Å²) in [6, 6.07) is 0. The number of carbonyl (C=O) groups is 3. The summed E-state index contributed by atoms with van der Waals surface area (Å²) in [7, 11) is 0. The van der Waals surface area contributed by atoms with Gasteiger partial charge in [-0.15, -0.1) is 0 Å². The van der Waals surface area contributed by atoms with Gasteiger partial charge in [0.15, 0.2) is 6.10 Å². The van der Waals surface area contributed by atoms with Gasteiger partial charge in [-0.25, -0.2) is 0 Å². The van der Waals surface area contributed by atoms with Crippen LogP contribution in [0.3, 0.4) is 0 Å². The Morgan fingerprint density at radius 3 is 1.03 bits per heavy atom. The lowest BCUT2D eigenvalue weighted by Crippen LogP contribution is -2.30. The van der Waals surface area contributed by atoms with Crippen LogP contribution in [-0.4, -0.2) is 37.2 Å². The van der Waals surface area contributed by atoms with E-state index in [0.29, 0.717) is 12.8 Å². The van der Waals surface area contributed by atoms with E-state index in [1.54, 1.807) is 0 Å². The van der Waals surface area contributed by atoms with E-state index in [4.69, 9.17) is 14.2 Å². The van der Waals surface area contributed by atoms with E-state index in [9.17, 15) is 14.4 Å². The number of carbonyl (C=O) groups excluding carboxylic acids is 3. The minimum absolute atomic E-state index is 0.155. The average molecular weight is 919 g/mol. The van der Waals surface area contributed by atoms with Crippen LogP contribution in [0, 0.1) is 0 Å². The van der Waals surface area contributed by atoms with Crippen molar-refractivity contribution in [2.75, 3.05) is 13.2 Å². The molecule has 0 aromatic rings. The Kier molecular flexibility index (Phi) is 49.2. The van der Waals surface area contributed by atoms with Crippen LogP contribution in [0.25, 0.3) is 0 Å². The molecule has 0 heterocycles. The van der Waals surface area contributed by atoms with Crippen molar-refractivity contribution in [1.29, 1.82) is 0 Å².